The van der Waals surface area contributed by atoms with Crippen molar-refractivity contribution in [3.63, 3.8) is 0 Å². The standard InChI is InChI=1S/C14H16FNO2/c15-11-3-5-12(6-4-11)16-14(13(17)18)8-9-1-2-10(14)7-9/h3-6,9-10,16H,1-2,7-8H2,(H,17,18). The highest BCUT2D eigenvalue weighted by Gasteiger charge is 2.56. The van der Waals surface area contributed by atoms with Crippen LogP contribution in [0, 0.1) is 17.7 Å². The van der Waals surface area contributed by atoms with Gasteiger partial charge in [0.05, 0.1) is 0 Å². The maximum absolute atomic E-state index is 12.9. The lowest BCUT2D eigenvalue weighted by Gasteiger charge is -2.35. The molecule has 2 N–H and O–H groups in total. The summed E-state index contributed by atoms with van der Waals surface area (Å²) in [5, 5.41) is 12.7. The number of hydrogen-bond acceptors (Lipinski definition) is 2. The number of nitrogens with one attached hydrogen (secondary N) is 1. The Morgan fingerprint density at radius 2 is 2.06 bits per heavy atom. The zero-order valence-electron chi connectivity index (χ0n) is 10.0. The van der Waals surface area contributed by atoms with Crippen LogP contribution in [0.1, 0.15) is 25.7 Å². The molecule has 2 aliphatic rings. The van der Waals surface area contributed by atoms with Gasteiger partial charge in [-0.3, -0.25) is 0 Å². The summed E-state index contributed by atoms with van der Waals surface area (Å²) in [5.41, 5.74) is -0.160. The third-order valence-corrected chi connectivity index (χ3v) is 4.44. The molecule has 0 saturated heterocycles. The van der Waals surface area contributed by atoms with Gasteiger partial charge in [-0.05, 0) is 61.8 Å². The molecule has 2 fully saturated rings. The summed E-state index contributed by atoms with van der Waals surface area (Å²) < 4.78 is 12.9. The minimum atomic E-state index is -0.846. The Hall–Kier alpha value is -1.58. The maximum atomic E-state index is 12.9. The van der Waals surface area contributed by atoms with Crippen LogP contribution in [0.4, 0.5) is 10.1 Å². The molecule has 18 heavy (non-hydrogen) atoms. The number of halogens is 1. The molecule has 0 spiro atoms. The third-order valence-electron chi connectivity index (χ3n) is 4.44. The molecule has 2 saturated carbocycles. The quantitative estimate of drug-likeness (QED) is 0.866. The normalized spacial score (nSPS) is 33.6. The van der Waals surface area contributed by atoms with Crippen LogP contribution in [-0.4, -0.2) is 16.6 Å². The number of benzene rings is 1. The van der Waals surface area contributed by atoms with Crippen molar-refractivity contribution in [1.82, 2.24) is 0 Å². The van der Waals surface area contributed by atoms with E-state index >= 15 is 0 Å². The minimum Gasteiger partial charge on any atom is -0.479 e. The highest BCUT2D eigenvalue weighted by molar-refractivity contribution is 5.84. The van der Waals surface area contributed by atoms with Crippen LogP contribution in [0.25, 0.3) is 0 Å². The van der Waals surface area contributed by atoms with E-state index in [4.69, 9.17) is 0 Å². The molecule has 2 aliphatic carbocycles. The first-order valence-corrected chi connectivity index (χ1v) is 6.37. The van der Waals surface area contributed by atoms with Crippen molar-refractivity contribution in [1.29, 1.82) is 0 Å². The van der Waals surface area contributed by atoms with Crippen molar-refractivity contribution in [2.75, 3.05) is 5.32 Å². The van der Waals surface area contributed by atoms with Crippen molar-refractivity contribution < 1.29 is 14.3 Å². The van der Waals surface area contributed by atoms with Crippen molar-refractivity contribution in [2.45, 2.75) is 31.2 Å². The van der Waals surface area contributed by atoms with Gasteiger partial charge in [0.15, 0.2) is 0 Å². The maximum Gasteiger partial charge on any atom is 0.329 e. The lowest BCUT2D eigenvalue weighted by atomic mass is 9.80. The molecule has 0 radical (unpaired) electrons. The number of anilines is 1. The lowest BCUT2D eigenvalue weighted by molar-refractivity contribution is -0.144. The molecule has 0 aromatic heterocycles. The van der Waals surface area contributed by atoms with Crippen LogP contribution in [-0.2, 0) is 4.79 Å². The molecule has 3 nitrogen and oxygen atoms in total. The second-order valence-corrected chi connectivity index (χ2v) is 5.49. The summed E-state index contributed by atoms with van der Waals surface area (Å²) in [6.07, 6.45) is 3.81. The molecule has 0 amide bonds. The molecule has 3 atom stereocenters. The van der Waals surface area contributed by atoms with E-state index in [0.29, 0.717) is 18.0 Å². The van der Waals surface area contributed by atoms with Gasteiger partial charge in [0.25, 0.3) is 0 Å². The molecule has 3 rings (SSSR count). The van der Waals surface area contributed by atoms with E-state index in [9.17, 15) is 14.3 Å². The molecule has 2 bridgehead atoms. The predicted molar refractivity (Wildman–Crippen MR) is 65.8 cm³/mol. The molecule has 0 aliphatic heterocycles. The van der Waals surface area contributed by atoms with Crippen molar-refractivity contribution in [3.8, 4) is 0 Å². The van der Waals surface area contributed by atoms with E-state index in [-0.39, 0.29) is 11.7 Å². The number of carboxylic acids is 1. The Morgan fingerprint density at radius 3 is 2.56 bits per heavy atom. The van der Waals surface area contributed by atoms with Gasteiger partial charge in [0.1, 0.15) is 11.4 Å². The topological polar surface area (TPSA) is 49.3 Å². The molecule has 1 aromatic rings. The molecule has 3 unspecified atom stereocenters. The van der Waals surface area contributed by atoms with Gasteiger partial charge in [-0.1, -0.05) is 0 Å². The second-order valence-electron chi connectivity index (χ2n) is 5.49. The Kier molecular flexibility index (Phi) is 2.54. The van der Waals surface area contributed by atoms with Gasteiger partial charge in [-0.25, -0.2) is 9.18 Å². The van der Waals surface area contributed by atoms with E-state index in [1.165, 1.54) is 12.1 Å². The highest BCUT2D eigenvalue weighted by Crippen LogP contribution is 2.52. The summed E-state index contributed by atoms with van der Waals surface area (Å²) in [6, 6.07) is 5.91. The smallest absolute Gasteiger partial charge is 0.329 e. The second kappa shape index (κ2) is 3.97. The van der Waals surface area contributed by atoms with Crippen molar-refractivity contribution in [3.05, 3.63) is 30.1 Å². The van der Waals surface area contributed by atoms with Crippen LogP contribution in [0.3, 0.4) is 0 Å². The molecule has 4 heteroatoms. The molecular weight excluding hydrogens is 233 g/mol. The zero-order chi connectivity index (χ0) is 12.8. The van der Waals surface area contributed by atoms with E-state index in [1.54, 1.807) is 12.1 Å². The van der Waals surface area contributed by atoms with Crippen LogP contribution < -0.4 is 5.32 Å². The Labute approximate surface area is 105 Å². The zero-order valence-corrected chi connectivity index (χ0v) is 10.0. The largest absolute Gasteiger partial charge is 0.479 e. The van der Waals surface area contributed by atoms with Gasteiger partial charge >= 0.3 is 5.97 Å². The van der Waals surface area contributed by atoms with Crippen LogP contribution in [0.2, 0.25) is 0 Å². The number of carbonyl (C=O) groups is 1. The van der Waals surface area contributed by atoms with Gasteiger partial charge in [-0.2, -0.15) is 0 Å². The first-order chi connectivity index (χ1) is 8.60. The predicted octanol–water partition coefficient (Wildman–Crippen LogP) is 2.88. The van der Waals surface area contributed by atoms with Crippen molar-refractivity contribution >= 4 is 11.7 Å². The van der Waals surface area contributed by atoms with E-state index in [2.05, 4.69) is 5.32 Å². The van der Waals surface area contributed by atoms with E-state index < -0.39 is 11.5 Å². The van der Waals surface area contributed by atoms with Gasteiger partial charge in [0, 0.05) is 5.69 Å². The number of rotatable bonds is 3. The number of fused-ring (bicyclic) bond motifs is 2. The summed E-state index contributed by atoms with van der Waals surface area (Å²) in [7, 11) is 0. The SMILES string of the molecule is O=C(O)C1(Nc2ccc(F)cc2)CC2CCC1C2. The minimum absolute atomic E-state index is 0.199. The van der Waals surface area contributed by atoms with Gasteiger partial charge in [-0.15, -0.1) is 0 Å². The molecule has 0 heterocycles. The van der Waals surface area contributed by atoms with Crippen LogP contribution >= 0.6 is 0 Å². The Bertz CT molecular complexity index is 473. The van der Waals surface area contributed by atoms with E-state index in [1.807, 2.05) is 0 Å². The molecule has 96 valence electrons. The number of carboxylic acid groups (broad SMARTS) is 1. The lowest BCUT2D eigenvalue weighted by Crippen LogP contribution is -2.50. The van der Waals surface area contributed by atoms with Gasteiger partial charge in [0.2, 0.25) is 0 Å². The monoisotopic (exact) mass is 249 g/mol. The molecule has 1 aromatic carbocycles. The fourth-order valence-corrected chi connectivity index (χ4v) is 3.59. The van der Waals surface area contributed by atoms with Crippen molar-refractivity contribution in [2.24, 2.45) is 11.8 Å². The number of aliphatic carboxylic acids is 1. The third kappa shape index (κ3) is 1.67. The summed E-state index contributed by atoms with van der Waals surface area (Å²) in [5.74, 6) is -0.360. The summed E-state index contributed by atoms with van der Waals surface area (Å²) >= 11 is 0. The van der Waals surface area contributed by atoms with Gasteiger partial charge < -0.3 is 10.4 Å². The fraction of sp³-hybridized carbons (Fsp3) is 0.500. The average Bonchev–Trinajstić information content (AvgIpc) is 2.93. The highest BCUT2D eigenvalue weighted by atomic mass is 19.1. The first-order valence-electron chi connectivity index (χ1n) is 6.37. The number of hydrogen-bond donors (Lipinski definition) is 2. The summed E-state index contributed by atoms with van der Waals surface area (Å²) in [4.78, 5) is 11.6. The van der Waals surface area contributed by atoms with E-state index in [0.717, 1.165) is 19.3 Å². The fourth-order valence-electron chi connectivity index (χ4n) is 3.59. The average molecular weight is 249 g/mol. The van der Waals surface area contributed by atoms with Crippen LogP contribution in [0.5, 0.6) is 0 Å². The molecular formula is C14H16FNO2. The first kappa shape index (κ1) is 11.5. The summed E-state index contributed by atoms with van der Waals surface area (Å²) in [6.45, 7) is 0. The van der Waals surface area contributed by atoms with Crippen LogP contribution in [0.15, 0.2) is 24.3 Å². The Morgan fingerprint density at radius 1 is 1.33 bits per heavy atom. The Balaban J connectivity index is 1.88.